The SMILES string of the molecule is O=[N+]([O-])c1cc(F)ccc1S(=O)(=O)NCCCl. The van der Waals surface area contributed by atoms with Crippen LogP contribution in [0.4, 0.5) is 10.1 Å². The van der Waals surface area contributed by atoms with Gasteiger partial charge in [-0.05, 0) is 12.1 Å². The standard InChI is InChI=1S/C8H8ClFN2O4S/c9-3-4-11-17(15,16)8-2-1-6(10)5-7(8)12(13)14/h1-2,5,11H,3-4H2. The average molecular weight is 283 g/mol. The number of benzene rings is 1. The lowest BCUT2D eigenvalue weighted by Gasteiger charge is -2.05. The summed E-state index contributed by atoms with van der Waals surface area (Å²) in [4.78, 5) is 9.07. The molecule has 0 unspecified atom stereocenters. The zero-order valence-corrected chi connectivity index (χ0v) is 9.96. The summed E-state index contributed by atoms with van der Waals surface area (Å²) in [7, 11) is -4.06. The Morgan fingerprint density at radius 1 is 1.47 bits per heavy atom. The van der Waals surface area contributed by atoms with Crippen molar-refractivity contribution in [2.24, 2.45) is 0 Å². The summed E-state index contributed by atoms with van der Waals surface area (Å²) in [5.41, 5.74) is -0.813. The van der Waals surface area contributed by atoms with Crippen molar-refractivity contribution >= 4 is 27.3 Å². The number of nitrogens with zero attached hydrogens (tertiary/aromatic N) is 1. The predicted octanol–water partition coefficient (Wildman–Crippen LogP) is 1.25. The molecular weight excluding hydrogens is 275 g/mol. The maximum atomic E-state index is 12.8. The molecule has 1 aromatic carbocycles. The summed E-state index contributed by atoms with van der Waals surface area (Å²) in [6, 6.07) is 2.22. The van der Waals surface area contributed by atoms with E-state index in [-0.39, 0.29) is 12.4 Å². The van der Waals surface area contributed by atoms with Gasteiger partial charge in [0.15, 0.2) is 4.90 Å². The second-order valence-corrected chi connectivity index (χ2v) is 5.07. The van der Waals surface area contributed by atoms with Gasteiger partial charge < -0.3 is 0 Å². The van der Waals surface area contributed by atoms with Crippen LogP contribution in [0.5, 0.6) is 0 Å². The molecule has 0 amide bonds. The third kappa shape index (κ3) is 3.35. The number of halogens is 2. The number of rotatable bonds is 5. The van der Waals surface area contributed by atoms with Crippen LogP contribution >= 0.6 is 11.6 Å². The second kappa shape index (κ2) is 5.39. The van der Waals surface area contributed by atoms with Crippen molar-refractivity contribution in [3.8, 4) is 0 Å². The molecule has 0 radical (unpaired) electrons. The molecular formula is C8H8ClFN2O4S. The van der Waals surface area contributed by atoms with Gasteiger partial charge in [0, 0.05) is 12.4 Å². The van der Waals surface area contributed by atoms with E-state index in [9.17, 15) is 22.9 Å². The molecule has 94 valence electrons. The molecule has 1 rings (SSSR count). The van der Waals surface area contributed by atoms with Crippen LogP contribution in [0.2, 0.25) is 0 Å². The summed E-state index contributed by atoms with van der Waals surface area (Å²) in [5, 5.41) is 10.6. The van der Waals surface area contributed by atoms with Crippen molar-refractivity contribution in [3.05, 3.63) is 34.1 Å². The van der Waals surface area contributed by atoms with Gasteiger partial charge in [-0.15, -0.1) is 11.6 Å². The van der Waals surface area contributed by atoms with Gasteiger partial charge in [-0.3, -0.25) is 10.1 Å². The van der Waals surface area contributed by atoms with E-state index in [0.29, 0.717) is 6.07 Å². The Morgan fingerprint density at radius 3 is 2.65 bits per heavy atom. The molecule has 1 aromatic rings. The smallest absolute Gasteiger partial charge is 0.258 e. The second-order valence-electron chi connectivity index (χ2n) is 2.96. The Balaban J connectivity index is 3.26. The molecule has 0 bridgehead atoms. The molecule has 6 nitrogen and oxygen atoms in total. The van der Waals surface area contributed by atoms with E-state index in [0.717, 1.165) is 12.1 Å². The summed E-state index contributed by atoms with van der Waals surface area (Å²) < 4.78 is 38.1. The van der Waals surface area contributed by atoms with Crippen molar-refractivity contribution in [3.63, 3.8) is 0 Å². The van der Waals surface area contributed by atoms with Crippen LogP contribution in [-0.2, 0) is 10.0 Å². The summed E-state index contributed by atoms with van der Waals surface area (Å²) in [5.74, 6) is -0.859. The highest BCUT2D eigenvalue weighted by molar-refractivity contribution is 7.89. The number of nitrogens with one attached hydrogen (secondary N) is 1. The van der Waals surface area contributed by atoms with E-state index in [1.165, 1.54) is 0 Å². The van der Waals surface area contributed by atoms with E-state index in [1.807, 2.05) is 0 Å². The highest BCUT2D eigenvalue weighted by atomic mass is 35.5. The number of alkyl halides is 1. The molecule has 0 fully saturated rings. The quantitative estimate of drug-likeness (QED) is 0.500. The van der Waals surface area contributed by atoms with E-state index in [1.54, 1.807) is 0 Å². The Labute approximate surface area is 102 Å². The summed E-state index contributed by atoms with van der Waals surface area (Å²) >= 11 is 5.30. The minimum absolute atomic E-state index is 0.0220. The van der Waals surface area contributed by atoms with Crippen LogP contribution in [0.3, 0.4) is 0 Å². The van der Waals surface area contributed by atoms with Crippen molar-refractivity contribution in [1.82, 2.24) is 4.72 Å². The predicted molar refractivity (Wildman–Crippen MR) is 59.0 cm³/mol. The monoisotopic (exact) mass is 282 g/mol. The van der Waals surface area contributed by atoms with Crippen LogP contribution in [0.25, 0.3) is 0 Å². The fourth-order valence-electron chi connectivity index (χ4n) is 1.11. The fourth-order valence-corrected chi connectivity index (χ4v) is 2.50. The first kappa shape index (κ1) is 13.8. The average Bonchev–Trinajstić information content (AvgIpc) is 2.26. The Bertz CT molecular complexity index is 534. The Kier molecular flexibility index (Phi) is 4.38. The van der Waals surface area contributed by atoms with Gasteiger partial charge in [0.05, 0.1) is 11.0 Å². The molecule has 0 aliphatic rings. The number of hydrogen-bond acceptors (Lipinski definition) is 4. The van der Waals surface area contributed by atoms with Crippen LogP contribution in [0.1, 0.15) is 0 Å². The lowest BCUT2D eigenvalue weighted by molar-refractivity contribution is -0.388. The van der Waals surface area contributed by atoms with E-state index < -0.39 is 31.3 Å². The van der Waals surface area contributed by atoms with Gasteiger partial charge in [0.2, 0.25) is 10.0 Å². The molecule has 0 aliphatic heterocycles. The van der Waals surface area contributed by atoms with E-state index in [2.05, 4.69) is 4.72 Å². The third-order valence-corrected chi connectivity index (χ3v) is 3.49. The zero-order valence-electron chi connectivity index (χ0n) is 8.39. The van der Waals surface area contributed by atoms with Crippen molar-refractivity contribution in [2.75, 3.05) is 12.4 Å². The molecule has 0 spiro atoms. The van der Waals surface area contributed by atoms with Gasteiger partial charge in [0.1, 0.15) is 5.82 Å². The lowest BCUT2D eigenvalue weighted by atomic mass is 10.3. The molecule has 0 heterocycles. The minimum atomic E-state index is -4.06. The summed E-state index contributed by atoms with van der Waals surface area (Å²) in [6.07, 6.45) is 0. The minimum Gasteiger partial charge on any atom is -0.258 e. The van der Waals surface area contributed by atoms with Crippen LogP contribution < -0.4 is 4.72 Å². The molecule has 0 saturated carbocycles. The van der Waals surface area contributed by atoms with Gasteiger partial charge in [0.25, 0.3) is 5.69 Å². The maximum Gasteiger partial charge on any atom is 0.292 e. The van der Waals surface area contributed by atoms with Crippen LogP contribution in [-0.4, -0.2) is 25.8 Å². The number of nitro groups is 1. The van der Waals surface area contributed by atoms with Crippen molar-refractivity contribution in [1.29, 1.82) is 0 Å². The molecule has 0 atom stereocenters. The lowest BCUT2D eigenvalue weighted by Crippen LogP contribution is -2.26. The first-order chi connectivity index (χ1) is 7.88. The molecule has 1 N–H and O–H groups in total. The van der Waals surface area contributed by atoms with Crippen LogP contribution in [0, 0.1) is 15.9 Å². The van der Waals surface area contributed by atoms with Gasteiger partial charge in [-0.2, -0.15) is 0 Å². The highest BCUT2D eigenvalue weighted by Gasteiger charge is 2.25. The third-order valence-electron chi connectivity index (χ3n) is 1.79. The van der Waals surface area contributed by atoms with Gasteiger partial charge in [-0.25, -0.2) is 17.5 Å². The number of nitro benzene ring substituents is 1. The zero-order chi connectivity index (χ0) is 13.1. The van der Waals surface area contributed by atoms with Crippen LogP contribution in [0.15, 0.2) is 23.1 Å². The molecule has 0 saturated heterocycles. The molecule has 9 heteroatoms. The first-order valence-electron chi connectivity index (χ1n) is 4.38. The van der Waals surface area contributed by atoms with Crippen molar-refractivity contribution in [2.45, 2.75) is 4.90 Å². The number of hydrogen-bond donors (Lipinski definition) is 1. The normalized spacial score (nSPS) is 11.4. The maximum absolute atomic E-state index is 12.8. The van der Waals surface area contributed by atoms with E-state index in [4.69, 9.17) is 11.6 Å². The Hall–Kier alpha value is -1.25. The highest BCUT2D eigenvalue weighted by Crippen LogP contribution is 2.24. The van der Waals surface area contributed by atoms with Crippen molar-refractivity contribution < 1.29 is 17.7 Å². The van der Waals surface area contributed by atoms with Gasteiger partial charge in [-0.1, -0.05) is 0 Å². The first-order valence-corrected chi connectivity index (χ1v) is 6.40. The van der Waals surface area contributed by atoms with Gasteiger partial charge >= 0.3 is 0 Å². The fraction of sp³-hybridized carbons (Fsp3) is 0.250. The molecule has 17 heavy (non-hydrogen) atoms. The topological polar surface area (TPSA) is 89.3 Å². The van der Waals surface area contributed by atoms with E-state index >= 15 is 0 Å². The Morgan fingerprint density at radius 2 is 2.12 bits per heavy atom. The molecule has 0 aromatic heterocycles. The largest absolute Gasteiger partial charge is 0.292 e. The number of sulfonamides is 1. The summed E-state index contributed by atoms with van der Waals surface area (Å²) in [6.45, 7) is -0.0710. The molecule has 0 aliphatic carbocycles.